The Labute approximate surface area is 102 Å². The van der Waals surface area contributed by atoms with E-state index < -0.39 is 0 Å². The molecule has 1 heterocycles. The van der Waals surface area contributed by atoms with Gasteiger partial charge in [-0.1, -0.05) is 12.2 Å². The van der Waals surface area contributed by atoms with Crippen LogP contribution in [0.3, 0.4) is 0 Å². The number of H-pyrrole nitrogens is 1. The van der Waals surface area contributed by atoms with E-state index in [1.807, 2.05) is 0 Å². The molecule has 2 aromatic rings. The molecule has 82 valence electrons. The molecule has 1 aromatic heterocycles. The van der Waals surface area contributed by atoms with E-state index in [2.05, 4.69) is 11.1 Å². The van der Waals surface area contributed by atoms with Gasteiger partial charge in [0.1, 0.15) is 16.5 Å². The molecule has 0 amide bonds. The number of nitrogens with one attached hydrogen (secondary N) is 1. The van der Waals surface area contributed by atoms with Crippen molar-refractivity contribution in [3.63, 3.8) is 0 Å². The average Bonchev–Trinajstić information content (AvgIpc) is 2.64. The van der Waals surface area contributed by atoms with Crippen molar-refractivity contribution >= 4 is 12.2 Å². The van der Waals surface area contributed by atoms with Gasteiger partial charge in [0.15, 0.2) is 0 Å². The third kappa shape index (κ3) is 1.48. The highest BCUT2D eigenvalue weighted by Gasteiger charge is 2.20. The number of halogens is 1. The molecule has 0 fully saturated rings. The van der Waals surface area contributed by atoms with Crippen LogP contribution < -0.4 is 0 Å². The van der Waals surface area contributed by atoms with Crippen molar-refractivity contribution in [2.24, 2.45) is 0 Å². The Kier molecular flexibility index (Phi) is 2.10. The second kappa shape index (κ2) is 3.51. The molecule has 1 N–H and O–H groups in total. The molecule has 4 heteroatoms. The van der Waals surface area contributed by atoms with Crippen molar-refractivity contribution in [1.82, 2.24) is 4.98 Å². The number of nitriles is 1. The van der Waals surface area contributed by atoms with Crippen LogP contribution >= 0.6 is 12.2 Å². The third-order valence-electron chi connectivity index (χ3n) is 2.96. The highest BCUT2D eigenvalue weighted by atomic mass is 32.1. The van der Waals surface area contributed by atoms with Crippen LogP contribution in [0.1, 0.15) is 16.7 Å². The number of nitrogens with zero attached hydrogens (tertiary/aromatic N) is 1. The number of pyridine rings is 1. The summed E-state index contributed by atoms with van der Waals surface area (Å²) in [5.41, 5.74) is 4.27. The Bertz CT molecular complexity index is 725. The minimum atomic E-state index is -0.240. The molecule has 0 unspecified atom stereocenters. The Morgan fingerprint density at radius 1 is 1.29 bits per heavy atom. The molecule has 1 aliphatic carbocycles. The maximum absolute atomic E-state index is 13.1. The molecule has 3 rings (SSSR count). The molecule has 0 radical (unpaired) electrons. The van der Waals surface area contributed by atoms with Crippen LogP contribution in [0, 0.1) is 21.8 Å². The Balaban J connectivity index is 2.28. The van der Waals surface area contributed by atoms with Gasteiger partial charge in [-0.25, -0.2) is 4.39 Å². The highest BCUT2D eigenvalue weighted by Crippen LogP contribution is 2.35. The summed E-state index contributed by atoms with van der Waals surface area (Å²) in [5.74, 6) is -0.240. The normalized spacial score (nSPS) is 11.8. The van der Waals surface area contributed by atoms with Crippen LogP contribution in [-0.2, 0) is 6.42 Å². The number of benzene rings is 1. The summed E-state index contributed by atoms with van der Waals surface area (Å²) in [7, 11) is 0. The fraction of sp³-hybridized carbons (Fsp3) is 0.0769. The van der Waals surface area contributed by atoms with E-state index in [1.54, 1.807) is 12.1 Å². The summed E-state index contributed by atoms with van der Waals surface area (Å²) in [6, 6.07) is 8.54. The molecule has 0 saturated heterocycles. The van der Waals surface area contributed by atoms with Crippen molar-refractivity contribution in [2.75, 3.05) is 0 Å². The largest absolute Gasteiger partial charge is 0.345 e. The van der Waals surface area contributed by atoms with E-state index in [0.29, 0.717) is 16.6 Å². The lowest BCUT2D eigenvalue weighted by Crippen LogP contribution is -1.89. The van der Waals surface area contributed by atoms with Gasteiger partial charge in [-0.3, -0.25) is 0 Å². The zero-order valence-corrected chi connectivity index (χ0v) is 9.57. The first-order valence-electron chi connectivity index (χ1n) is 5.14. The van der Waals surface area contributed by atoms with E-state index in [1.165, 1.54) is 12.1 Å². The Morgan fingerprint density at radius 3 is 2.88 bits per heavy atom. The van der Waals surface area contributed by atoms with Gasteiger partial charge in [0, 0.05) is 12.0 Å². The molecule has 0 spiro atoms. The van der Waals surface area contributed by atoms with Crippen LogP contribution in [0.25, 0.3) is 11.3 Å². The van der Waals surface area contributed by atoms with Crippen molar-refractivity contribution in [3.8, 4) is 17.3 Å². The molecule has 0 saturated carbocycles. The first kappa shape index (κ1) is 10.2. The quantitative estimate of drug-likeness (QED) is 0.614. The van der Waals surface area contributed by atoms with Gasteiger partial charge in [-0.15, -0.1) is 0 Å². The van der Waals surface area contributed by atoms with Gasteiger partial charge in [0.2, 0.25) is 0 Å². The molecule has 1 aliphatic rings. The van der Waals surface area contributed by atoms with Gasteiger partial charge in [0.25, 0.3) is 0 Å². The van der Waals surface area contributed by atoms with Crippen LogP contribution in [0.5, 0.6) is 0 Å². The Hall–Kier alpha value is -1.99. The second-order valence-electron chi connectivity index (χ2n) is 4.00. The summed E-state index contributed by atoms with van der Waals surface area (Å²) < 4.78 is 13.6. The molecule has 17 heavy (non-hydrogen) atoms. The second-order valence-corrected chi connectivity index (χ2v) is 4.41. The molecule has 0 aliphatic heterocycles. The number of aromatic nitrogens is 1. The number of hydrogen-bond donors (Lipinski definition) is 1. The standard InChI is InChI=1S/C13H7FN2S/c14-10-1-2-11-7(5-10)3-8-4-9(6-15)13(17)16-12(8)11/h1-2,4-5H,3H2,(H,16,17). The maximum atomic E-state index is 13.1. The first-order chi connectivity index (χ1) is 8.19. The van der Waals surface area contributed by atoms with Crippen molar-refractivity contribution < 1.29 is 4.39 Å². The SMILES string of the molecule is N#Cc1cc2c([nH]c1=S)-c1ccc(F)cc1C2. The zero-order chi connectivity index (χ0) is 12.0. The van der Waals surface area contributed by atoms with Crippen LogP contribution in [0.2, 0.25) is 0 Å². The fourth-order valence-corrected chi connectivity index (χ4v) is 2.40. The minimum absolute atomic E-state index is 0.240. The highest BCUT2D eigenvalue weighted by molar-refractivity contribution is 7.71. The number of aromatic amines is 1. The van der Waals surface area contributed by atoms with E-state index in [9.17, 15) is 4.39 Å². The monoisotopic (exact) mass is 242 g/mol. The molecule has 0 atom stereocenters. The van der Waals surface area contributed by atoms with Gasteiger partial charge < -0.3 is 4.98 Å². The molecule has 1 aromatic carbocycles. The molecular weight excluding hydrogens is 235 g/mol. The lowest BCUT2D eigenvalue weighted by atomic mass is 10.1. The molecular formula is C13H7FN2S. The third-order valence-corrected chi connectivity index (χ3v) is 3.28. The van der Waals surface area contributed by atoms with E-state index in [4.69, 9.17) is 17.5 Å². The van der Waals surface area contributed by atoms with E-state index >= 15 is 0 Å². The molecule has 0 bridgehead atoms. The summed E-state index contributed by atoms with van der Waals surface area (Å²) >= 11 is 5.10. The van der Waals surface area contributed by atoms with Crippen LogP contribution in [0.4, 0.5) is 4.39 Å². The van der Waals surface area contributed by atoms with Gasteiger partial charge in [0.05, 0.1) is 11.3 Å². The van der Waals surface area contributed by atoms with Crippen LogP contribution in [-0.4, -0.2) is 4.98 Å². The maximum Gasteiger partial charge on any atom is 0.123 e. The van der Waals surface area contributed by atoms with Gasteiger partial charge in [-0.05, 0) is 35.4 Å². The number of fused-ring (bicyclic) bond motifs is 3. The average molecular weight is 242 g/mol. The van der Waals surface area contributed by atoms with E-state index in [-0.39, 0.29) is 5.82 Å². The summed E-state index contributed by atoms with van der Waals surface area (Å²) in [6.07, 6.45) is 0.642. The number of hydrogen-bond acceptors (Lipinski definition) is 2. The fourth-order valence-electron chi connectivity index (χ4n) is 2.19. The van der Waals surface area contributed by atoms with Crippen molar-refractivity contribution in [3.05, 3.63) is 51.4 Å². The smallest absolute Gasteiger partial charge is 0.123 e. The van der Waals surface area contributed by atoms with E-state index in [0.717, 1.165) is 22.4 Å². The van der Waals surface area contributed by atoms with Crippen molar-refractivity contribution in [2.45, 2.75) is 6.42 Å². The van der Waals surface area contributed by atoms with Gasteiger partial charge in [-0.2, -0.15) is 5.26 Å². The first-order valence-corrected chi connectivity index (χ1v) is 5.55. The van der Waals surface area contributed by atoms with Crippen LogP contribution in [0.15, 0.2) is 24.3 Å². The predicted octanol–water partition coefficient (Wildman–Crippen LogP) is 3.33. The summed E-state index contributed by atoms with van der Waals surface area (Å²) in [5, 5.41) is 8.91. The molecule has 2 nitrogen and oxygen atoms in total. The zero-order valence-electron chi connectivity index (χ0n) is 8.75. The predicted molar refractivity (Wildman–Crippen MR) is 64.5 cm³/mol. The summed E-state index contributed by atoms with van der Waals surface area (Å²) in [6.45, 7) is 0. The lowest BCUT2D eigenvalue weighted by Gasteiger charge is -2.01. The summed E-state index contributed by atoms with van der Waals surface area (Å²) in [4.78, 5) is 3.05. The number of rotatable bonds is 0. The van der Waals surface area contributed by atoms with Crippen molar-refractivity contribution in [1.29, 1.82) is 5.26 Å². The Morgan fingerprint density at radius 2 is 2.12 bits per heavy atom. The van der Waals surface area contributed by atoms with Gasteiger partial charge >= 0.3 is 0 Å². The lowest BCUT2D eigenvalue weighted by molar-refractivity contribution is 0.626. The topological polar surface area (TPSA) is 39.6 Å². The minimum Gasteiger partial charge on any atom is -0.345 e.